The van der Waals surface area contributed by atoms with Crippen LogP contribution in [0.25, 0.3) is 16.9 Å². The molecule has 0 aliphatic heterocycles. The van der Waals surface area contributed by atoms with Crippen molar-refractivity contribution in [2.75, 3.05) is 11.6 Å². The second kappa shape index (κ2) is 9.24. The SMILES string of the molecule is CC(=O)N(OC(=O)C(F)(F)F)c1ccc(-c2cccc3nn(C/C(=C/F)CN)c(=O)n23)cc1. The summed E-state index contributed by atoms with van der Waals surface area (Å²) in [5.74, 6) is -3.51. The second-order valence-corrected chi connectivity index (χ2v) is 6.75. The maximum Gasteiger partial charge on any atom is 0.493 e. The number of amides is 1. The Kier molecular flexibility index (Phi) is 6.62. The van der Waals surface area contributed by atoms with Gasteiger partial charge in [0.05, 0.1) is 24.3 Å². The molecular weight excluding hydrogens is 450 g/mol. The molecule has 0 fully saturated rings. The number of aromatic nitrogens is 3. The van der Waals surface area contributed by atoms with Gasteiger partial charge in [0.15, 0.2) is 5.65 Å². The van der Waals surface area contributed by atoms with Gasteiger partial charge in [0.1, 0.15) is 0 Å². The molecule has 2 heterocycles. The molecule has 1 amide bonds. The minimum atomic E-state index is -5.29. The van der Waals surface area contributed by atoms with E-state index in [9.17, 15) is 31.9 Å². The predicted molar refractivity (Wildman–Crippen MR) is 108 cm³/mol. The van der Waals surface area contributed by atoms with Gasteiger partial charge in [0.25, 0.3) is 5.91 Å². The van der Waals surface area contributed by atoms with E-state index in [0.717, 1.165) is 11.6 Å². The van der Waals surface area contributed by atoms with Gasteiger partial charge >= 0.3 is 17.8 Å². The number of halogens is 4. The van der Waals surface area contributed by atoms with Gasteiger partial charge in [-0.15, -0.1) is 10.2 Å². The summed E-state index contributed by atoms with van der Waals surface area (Å²) in [5.41, 5.74) is 5.96. The first-order valence-corrected chi connectivity index (χ1v) is 9.34. The minimum Gasteiger partial charge on any atom is -0.327 e. The summed E-state index contributed by atoms with van der Waals surface area (Å²) in [7, 11) is 0. The lowest BCUT2D eigenvalue weighted by Gasteiger charge is -2.20. The Labute approximate surface area is 183 Å². The van der Waals surface area contributed by atoms with Crippen molar-refractivity contribution in [2.24, 2.45) is 5.73 Å². The van der Waals surface area contributed by atoms with E-state index in [1.165, 1.54) is 28.7 Å². The first-order chi connectivity index (χ1) is 15.6. The highest BCUT2D eigenvalue weighted by atomic mass is 19.4. The minimum absolute atomic E-state index is 0.101. The Morgan fingerprint density at radius 1 is 1.18 bits per heavy atom. The van der Waals surface area contributed by atoms with Crippen molar-refractivity contribution in [2.45, 2.75) is 19.6 Å². The molecule has 0 aliphatic rings. The number of anilines is 1. The average molecular weight is 467 g/mol. The fourth-order valence-electron chi connectivity index (χ4n) is 2.92. The maximum absolute atomic E-state index is 12.9. The third kappa shape index (κ3) is 4.92. The van der Waals surface area contributed by atoms with Crippen LogP contribution in [0.3, 0.4) is 0 Å². The van der Waals surface area contributed by atoms with Gasteiger partial charge in [-0.1, -0.05) is 18.2 Å². The molecule has 2 aromatic heterocycles. The van der Waals surface area contributed by atoms with Crippen LogP contribution in [0.15, 0.2) is 59.2 Å². The van der Waals surface area contributed by atoms with E-state index in [-0.39, 0.29) is 35.1 Å². The number of hydroxylamine groups is 1. The molecule has 0 aliphatic carbocycles. The predicted octanol–water partition coefficient (Wildman–Crippen LogP) is 2.35. The lowest BCUT2D eigenvalue weighted by Crippen LogP contribution is -2.37. The van der Waals surface area contributed by atoms with Crippen LogP contribution in [0, 0.1) is 0 Å². The molecule has 0 unspecified atom stereocenters. The number of carbonyl (C=O) groups is 2. The zero-order valence-corrected chi connectivity index (χ0v) is 17.0. The Hall–Kier alpha value is -4.00. The lowest BCUT2D eigenvalue weighted by atomic mass is 10.1. The van der Waals surface area contributed by atoms with Crippen molar-refractivity contribution >= 4 is 23.2 Å². The number of rotatable bonds is 5. The largest absolute Gasteiger partial charge is 0.493 e. The highest BCUT2D eigenvalue weighted by Gasteiger charge is 2.43. The number of carbonyl (C=O) groups excluding carboxylic acids is 2. The highest BCUT2D eigenvalue weighted by molar-refractivity contribution is 5.92. The molecule has 0 bridgehead atoms. The summed E-state index contributed by atoms with van der Waals surface area (Å²) in [5, 5.41) is 4.36. The second-order valence-electron chi connectivity index (χ2n) is 6.75. The number of alkyl halides is 3. The fourth-order valence-corrected chi connectivity index (χ4v) is 2.92. The number of hydrogen-bond donors (Lipinski definition) is 1. The summed E-state index contributed by atoms with van der Waals surface area (Å²) in [6.07, 6.45) is -4.98. The molecule has 174 valence electrons. The molecule has 0 saturated heterocycles. The van der Waals surface area contributed by atoms with Crippen LogP contribution in [-0.4, -0.2) is 38.8 Å². The van der Waals surface area contributed by atoms with Crippen LogP contribution in [0.5, 0.6) is 0 Å². The zero-order chi connectivity index (χ0) is 24.3. The van der Waals surface area contributed by atoms with E-state index in [0.29, 0.717) is 17.6 Å². The molecule has 1 aromatic carbocycles. The summed E-state index contributed by atoms with van der Waals surface area (Å²) >= 11 is 0. The molecule has 0 atom stereocenters. The van der Waals surface area contributed by atoms with Gasteiger partial charge in [-0.2, -0.15) is 13.2 Å². The van der Waals surface area contributed by atoms with Crippen molar-refractivity contribution in [1.29, 1.82) is 0 Å². The third-order valence-electron chi connectivity index (χ3n) is 4.46. The maximum atomic E-state index is 12.9. The van der Waals surface area contributed by atoms with E-state index in [2.05, 4.69) is 9.94 Å². The zero-order valence-electron chi connectivity index (χ0n) is 17.0. The van der Waals surface area contributed by atoms with Gasteiger partial charge in [0, 0.05) is 13.5 Å². The quantitative estimate of drug-likeness (QED) is 0.456. The van der Waals surface area contributed by atoms with E-state index in [4.69, 9.17) is 5.73 Å². The summed E-state index contributed by atoms with van der Waals surface area (Å²) in [6.45, 7) is 0.675. The normalized spacial score (nSPS) is 12.1. The first-order valence-electron chi connectivity index (χ1n) is 9.34. The average Bonchev–Trinajstić information content (AvgIpc) is 3.10. The van der Waals surface area contributed by atoms with Crippen LogP contribution >= 0.6 is 0 Å². The van der Waals surface area contributed by atoms with Crippen LogP contribution in [-0.2, 0) is 21.0 Å². The van der Waals surface area contributed by atoms with Crippen molar-refractivity contribution in [3.8, 4) is 11.3 Å². The third-order valence-corrected chi connectivity index (χ3v) is 4.46. The topological polar surface area (TPSA) is 112 Å². The number of benzene rings is 1. The van der Waals surface area contributed by atoms with E-state index < -0.39 is 23.7 Å². The van der Waals surface area contributed by atoms with E-state index in [1.54, 1.807) is 18.2 Å². The van der Waals surface area contributed by atoms with Gasteiger partial charge in [-0.05, 0) is 35.4 Å². The summed E-state index contributed by atoms with van der Waals surface area (Å²) in [6, 6.07) is 10.1. The summed E-state index contributed by atoms with van der Waals surface area (Å²) in [4.78, 5) is 39.8. The van der Waals surface area contributed by atoms with Gasteiger partial charge in [-0.25, -0.2) is 23.1 Å². The Morgan fingerprint density at radius 3 is 2.39 bits per heavy atom. The van der Waals surface area contributed by atoms with Crippen molar-refractivity contribution in [3.05, 3.63) is 64.9 Å². The first kappa shape index (κ1) is 23.7. The molecule has 0 saturated carbocycles. The molecule has 0 spiro atoms. The fraction of sp³-hybridized carbons (Fsp3) is 0.200. The summed E-state index contributed by atoms with van der Waals surface area (Å²) < 4.78 is 52.7. The molecule has 2 N–H and O–H groups in total. The van der Waals surface area contributed by atoms with Crippen molar-refractivity contribution in [3.63, 3.8) is 0 Å². The van der Waals surface area contributed by atoms with E-state index >= 15 is 0 Å². The molecule has 13 heteroatoms. The Bertz CT molecular complexity index is 1280. The van der Waals surface area contributed by atoms with Crippen LogP contribution < -0.4 is 16.5 Å². The molecule has 0 radical (unpaired) electrons. The number of pyridine rings is 1. The number of nitrogens with two attached hydrogens (primary N) is 1. The lowest BCUT2D eigenvalue weighted by molar-refractivity contribution is -0.201. The standard InChI is InChI=1S/C20H17F4N5O4/c1-12(30)29(33-18(31)20(22,23)24)15-7-5-14(6-8-15)16-3-2-4-17-26-27(19(32)28(16)17)11-13(9-21)10-25/h2-9H,10-11,25H2,1H3/b13-9+. The van der Waals surface area contributed by atoms with Gasteiger partial charge in [-0.3, -0.25) is 4.79 Å². The van der Waals surface area contributed by atoms with Crippen LogP contribution in [0.4, 0.5) is 23.2 Å². The smallest absolute Gasteiger partial charge is 0.327 e. The molecule has 9 nitrogen and oxygen atoms in total. The number of fused-ring (bicyclic) bond motifs is 1. The monoisotopic (exact) mass is 467 g/mol. The van der Waals surface area contributed by atoms with Crippen molar-refractivity contribution in [1.82, 2.24) is 14.2 Å². The molecular formula is C20H17F4N5O4. The van der Waals surface area contributed by atoms with E-state index in [1.807, 2.05) is 0 Å². The van der Waals surface area contributed by atoms with Gasteiger partial charge in [0.2, 0.25) is 0 Å². The van der Waals surface area contributed by atoms with Crippen LogP contribution in [0.1, 0.15) is 6.92 Å². The highest BCUT2D eigenvalue weighted by Crippen LogP contribution is 2.25. The molecule has 33 heavy (non-hydrogen) atoms. The Morgan fingerprint density at radius 2 is 1.85 bits per heavy atom. The van der Waals surface area contributed by atoms with Gasteiger partial charge < -0.3 is 10.6 Å². The number of hydrogen-bond acceptors (Lipinski definition) is 6. The molecule has 3 aromatic rings. The number of nitrogens with zero attached hydrogens (tertiary/aromatic N) is 4. The van der Waals surface area contributed by atoms with Crippen LogP contribution in [0.2, 0.25) is 0 Å². The van der Waals surface area contributed by atoms with Crippen molar-refractivity contribution < 1.29 is 32.0 Å². The Balaban J connectivity index is 1.98. The molecule has 3 rings (SSSR count).